The third-order valence-corrected chi connectivity index (χ3v) is 6.77. The number of hydrogen-bond donors (Lipinski definition) is 1. The first kappa shape index (κ1) is 21.1. The van der Waals surface area contributed by atoms with E-state index in [1.165, 1.54) is 43.4 Å². The van der Waals surface area contributed by atoms with Crippen molar-refractivity contribution in [3.8, 4) is 0 Å². The van der Waals surface area contributed by atoms with Crippen molar-refractivity contribution >= 4 is 53.3 Å². The smallest absolute Gasteiger partial charge is 0.193 e. The lowest BCUT2D eigenvalue weighted by Crippen LogP contribution is -2.53. The number of aromatic nitrogens is 1. The topological polar surface area (TPSA) is 40.5 Å². The van der Waals surface area contributed by atoms with Gasteiger partial charge < -0.3 is 10.2 Å². The number of aliphatic imine (C=N–C) groups is 1. The second-order valence-electron chi connectivity index (χ2n) is 6.73. The molecule has 140 valence electrons. The van der Waals surface area contributed by atoms with Crippen LogP contribution in [0.25, 0.3) is 0 Å². The minimum atomic E-state index is 0. The third kappa shape index (κ3) is 5.89. The average molecular weight is 495 g/mol. The molecule has 0 radical (unpaired) electrons. The highest BCUT2D eigenvalue weighted by molar-refractivity contribution is 14.0. The number of halogens is 2. The zero-order chi connectivity index (χ0) is 16.8. The second kappa shape index (κ2) is 10.2. The van der Waals surface area contributed by atoms with Gasteiger partial charge in [0.05, 0.1) is 0 Å². The Bertz CT molecular complexity index is 555. The number of nitrogens with one attached hydrogen (secondary N) is 1. The van der Waals surface area contributed by atoms with E-state index in [1.54, 1.807) is 0 Å². The van der Waals surface area contributed by atoms with Crippen LogP contribution in [0.15, 0.2) is 23.3 Å². The molecular weight excluding hydrogens is 467 g/mol. The van der Waals surface area contributed by atoms with E-state index in [9.17, 15) is 0 Å². The quantitative estimate of drug-likeness (QED) is 0.296. The van der Waals surface area contributed by atoms with E-state index in [4.69, 9.17) is 11.6 Å². The molecule has 2 fully saturated rings. The molecule has 1 aliphatic heterocycles. The Morgan fingerprint density at radius 1 is 1.36 bits per heavy atom. The maximum Gasteiger partial charge on any atom is 0.193 e. The molecule has 0 aromatic carbocycles. The number of hydrogen-bond acceptors (Lipinski definition) is 3. The van der Waals surface area contributed by atoms with Crippen molar-refractivity contribution < 1.29 is 0 Å². The van der Waals surface area contributed by atoms with Gasteiger partial charge in [0.2, 0.25) is 0 Å². The first-order valence-electron chi connectivity index (χ1n) is 8.91. The van der Waals surface area contributed by atoms with Crippen LogP contribution in [0.1, 0.15) is 37.7 Å². The summed E-state index contributed by atoms with van der Waals surface area (Å²) in [6.07, 6.45) is 9.68. The average Bonchev–Trinajstić information content (AvgIpc) is 2.61. The summed E-state index contributed by atoms with van der Waals surface area (Å²) < 4.78 is 0.466. The van der Waals surface area contributed by atoms with Crippen LogP contribution in [0.5, 0.6) is 0 Å². The molecule has 25 heavy (non-hydrogen) atoms. The minimum absolute atomic E-state index is 0. The van der Waals surface area contributed by atoms with Gasteiger partial charge in [0, 0.05) is 43.4 Å². The summed E-state index contributed by atoms with van der Waals surface area (Å²) in [5, 5.41) is 4.08. The highest BCUT2D eigenvalue weighted by Gasteiger charge is 2.38. The Balaban J connectivity index is 0.00000225. The monoisotopic (exact) mass is 494 g/mol. The van der Waals surface area contributed by atoms with Crippen molar-refractivity contribution in [1.82, 2.24) is 15.2 Å². The van der Waals surface area contributed by atoms with Crippen LogP contribution < -0.4 is 5.32 Å². The highest BCUT2D eigenvalue weighted by Crippen LogP contribution is 2.42. The molecule has 0 amide bonds. The molecule has 1 aromatic rings. The van der Waals surface area contributed by atoms with Crippen molar-refractivity contribution in [2.75, 3.05) is 32.4 Å². The Morgan fingerprint density at radius 2 is 2.16 bits per heavy atom. The molecule has 4 nitrogen and oxygen atoms in total. The molecule has 2 aliphatic rings. The minimum Gasteiger partial charge on any atom is -0.356 e. The van der Waals surface area contributed by atoms with Crippen LogP contribution >= 0.6 is 47.3 Å². The van der Waals surface area contributed by atoms with E-state index in [0.717, 1.165) is 32.0 Å². The Kier molecular flexibility index (Phi) is 8.61. The number of pyridine rings is 1. The molecule has 3 rings (SSSR count). The molecule has 7 heteroatoms. The van der Waals surface area contributed by atoms with Crippen LogP contribution in [-0.2, 0) is 6.42 Å². The van der Waals surface area contributed by atoms with Crippen molar-refractivity contribution in [2.24, 2.45) is 4.99 Å². The van der Waals surface area contributed by atoms with Crippen LogP contribution in [0.3, 0.4) is 0 Å². The molecule has 1 aromatic heterocycles. The highest BCUT2D eigenvalue weighted by atomic mass is 127. The fourth-order valence-corrected chi connectivity index (χ4v) is 5.41. The second-order valence-corrected chi connectivity index (χ2v) is 8.68. The maximum absolute atomic E-state index is 5.84. The molecule has 0 atom stereocenters. The lowest BCUT2D eigenvalue weighted by atomic mass is 9.87. The van der Waals surface area contributed by atoms with Crippen molar-refractivity contribution in [2.45, 2.75) is 43.3 Å². The van der Waals surface area contributed by atoms with Gasteiger partial charge >= 0.3 is 0 Å². The molecule has 1 saturated heterocycles. The van der Waals surface area contributed by atoms with E-state index < -0.39 is 0 Å². The van der Waals surface area contributed by atoms with Crippen molar-refractivity contribution in [1.29, 1.82) is 0 Å². The third-order valence-electron chi connectivity index (χ3n) is 5.01. The van der Waals surface area contributed by atoms with Gasteiger partial charge in [-0.15, -0.1) is 24.0 Å². The van der Waals surface area contributed by atoms with E-state index in [0.29, 0.717) is 9.90 Å². The summed E-state index contributed by atoms with van der Waals surface area (Å²) in [5.74, 6) is 2.25. The summed E-state index contributed by atoms with van der Waals surface area (Å²) in [5.41, 5.74) is 1.19. The Labute approximate surface area is 177 Å². The maximum atomic E-state index is 5.84. The Hall–Kier alpha value is -0.210. The summed E-state index contributed by atoms with van der Waals surface area (Å²) >= 11 is 8.03. The largest absolute Gasteiger partial charge is 0.356 e. The summed E-state index contributed by atoms with van der Waals surface area (Å²) in [6.45, 7) is 3.10. The molecule has 1 aliphatic carbocycles. The summed E-state index contributed by atoms with van der Waals surface area (Å²) in [6, 6.07) is 3.88. The normalized spacial score (nSPS) is 20.2. The van der Waals surface area contributed by atoms with Gasteiger partial charge in [0.15, 0.2) is 5.96 Å². The van der Waals surface area contributed by atoms with E-state index in [2.05, 4.69) is 32.0 Å². The van der Waals surface area contributed by atoms with Crippen LogP contribution in [0.4, 0.5) is 0 Å². The Morgan fingerprint density at radius 3 is 2.84 bits per heavy atom. The van der Waals surface area contributed by atoms with Crippen molar-refractivity contribution in [3.63, 3.8) is 0 Å². The van der Waals surface area contributed by atoms with E-state index in [-0.39, 0.29) is 24.0 Å². The van der Waals surface area contributed by atoms with Gasteiger partial charge in [-0.2, -0.15) is 11.8 Å². The number of thioether (sulfide) groups is 1. The fourth-order valence-electron chi connectivity index (χ4n) is 3.73. The molecule has 0 unspecified atom stereocenters. The molecular formula is C18H28ClIN4S. The molecule has 1 saturated carbocycles. The van der Waals surface area contributed by atoms with Gasteiger partial charge in [-0.1, -0.05) is 36.9 Å². The number of rotatable bonds is 3. The molecule has 2 heterocycles. The first-order chi connectivity index (χ1) is 11.7. The molecule has 0 bridgehead atoms. The van der Waals surface area contributed by atoms with Gasteiger partial charge in [-0.05, 0) is 30.9 Å². The number of guanidine groups is 1. The van der Waals surface area contributed by atoms with Gasteiger partial charge in [0.1, 0.15) is 5.15 Å². The molecule has 1 N–H and O–H groups in total. The molecule has 1 spiro atoms. The van der Waals surface area contributed by atoms with Crippen LogP contribution in [0, 0.1) is 0 Å². The lowest BCUT2D eigenvalue weighted by molar-refractivity contribution is 0.293. The van der Waals surface area contributed by atoms with Crippen LogP contribution in [-0.4, -0.2) is 53.0 Å². The zero-order valence-electron chi connectivity index (χ0n) is 14.8. The zero-order valence-corrected chi connectivity index (χ0v) is 18.7. The summed E-state index contributed by atoms with van der Waals surface area (Å²) in [4.78, 5) is 11.1. The van der Waals surface area contributed by atoms with Gasteiger partial charge in [0.25, 0.3) is 0 Å². The predicted molar refractivity (Wildman–Crippen MR) is 120 cm³/mol. The van der Waals surface area contributed by atoms with Gasteiger partial charge in [-0.25, -0.2) is 4.98 Å². The standard InChI is InChI=1S/C18H27ClN4S.HI/c1-20-17(21-10-7-15-5-6-16(19)22-13-15)23-11-12-24-18(14-23)8-3-2-4-9-18;/h5-6,13H,2-4,7-12,14H2,1H3,(H,20,21);1H. The van der Waals surface area contributed by atoms with Crippen molar-refractivity contribution in [3.05, 3.63) is 29.0 Å². The first-order valence-corrected chi connectivity index (χ1v) is 10.3. The van der Waals surface area contributed by atoms with E-state index >= 15 is 0 Å². The van der Waals surface area contributed by atoms with Gasteiger partial charge in [-0.3, -0.25) is 4.99 Å². The van der Waals surface area contributed by atoms with E-state index in [1.807, 2.05) is 25.4 Å². The predicted octanol–water partition coefficient (Wildman–Crippen LogP) is 4.22. The fraction of sp³-hybridized carbons (Fsp3) is 0.667. The number of nitrogens with zero attached hydrogens (tertiary/aromatic N) is 3. The lowest BCUT2D eigenvalue weighted by Gasteiger charge is -2.45. The SMILES string of the molecule is CN=C(NCCc1ccc(Cl)nc1)N1CCSC2(CCCCC2)C1.I. The summed E-state index contributed by atoms with van der Waals surface area (Å²) in [7, 11) is 1.89. The van der Waals surface area contributed by atoms with Crippen LogP contribution in [0.2, 0.25) is 5.15 Å².